The molecule has 2 heterocycles. The minimum atomic E-state index is 0.521. The highest BCUT2D eigenvalue weighted by Gasteiger charge is 2.17. The van der Waals surface area contributed by atoms with Crippen LogP contribution in [-0.2, 0) is 0 Å². The first kappa shape index (κ1) is 9.27. The highest BCUT2D eigenvalue weighted by Crippen LogP contribution is 2.29. The lowest BCUT2D eigenvalue weighted by molar-refractivity contribution is 0.461. The van der Waals surface area contributed by atoms with Gasteiger partial charge in [0.2, 0.25) is 0 Å². The molecule has 1 fully saturated rings. The number of anilines is 2. The molecule has 0 spiro atoms. The number of nitrogens with zero attached hydrogens (tertiary/aromatic N) is 1. The Hall–Kier alpha value is -1.29. The van der Waals surface area contributed by atoms with Gasteiger partial charge in [-0.1, -0.05) is 0 Å². The van der Waals surface area contributed by atoms with Crippen LogP contribution in [0, 0.1) is 0 Å². The molecule has 0 saturated carbocycles. The van der Waals surface area contributed by atoms with E-state index in [2.05, 4.69) is 10.3 Å². The topological polar surface area (TPSA) is 77.0 Å². The molecule has 0 radical (unpaired) electrons. The first-order valence-corrected chi connectivity index (χ1v) is 4.99. The smallest absolute Gasteiger partial charge is 0.126 e. The molecular formula is C10H16N4. The van der Waals surface area contributed by atoms with Gasteiger partial charge in [0.1, 0.15) is 5.82 Å². The Morgan fingerprint density at radius 2 is 2.00 bits per heavy atom. The van der Waals surface area contributed by atoms with Crippen molar-refractivity contribution in [1.29, 1.82) is 0 Å². The van der Waals surface area contributed by atoms with Crippen LogP contribution < -0.4 is 16.8 Å². The monoisotopic (exact) mass is 192 g/mol. The van der Waals surface area contributed by atoms with Crippen molar-refractivity contribution in [2.45, 2.75) is 18.8 Å². The number of nitrogens with two attached hydrogens (primary N) is 2. The van der Waals surface area contributed by atoms with Gasteiger partial charge in [-0.15, -0.1) is 0 Å². The Morgan fingerprint density at radius 3 is 2.71 bits per heavy atom. The molecule has 0 unspecified atom stereocenters. The van der Waals surface area contributed by atoms with E-state index < -0.39 is 0 Å². The third-order valence-electron chi connectivity index (χ3n) is 2.75. The summed E-state index contributed by atoms with van der Waals surface area (Å²) in [5, 5.41) is 3.33. The normalized spacial score (nSPS) is 18.3. The quantitative estimate of drug-likeness (QED) is 0.612. The van der Waals surface area contributed by atoms with Gasteiger partial charge < -0.3 is 16.8 Å². The zero-order valence-corrected chi connectivity index (χ0v) is 8.16. The molecule has 4 heteroatoms. The fourth-order valence-electron chi connectivity index (χ4n) is 1.97. The Balaban J connectivity index is 2.24. The predicted molar refractivity (Wildman–Crippen MR) is 57.9 cm³/mol. The molecule has 1 aromatic heterocycles. The van der Waals surface area contributed by atoms with Gasteiger partial charge in [0.25, 0.3) is 0 Å². The fourth-order valence-corrected chi connectivity index (χ4v) is 1.97. The summed E-state index contributed by atoms with van der Waals surface area (Å²) in [6, 6.07) is 1.96. The number of aromatic nitrogens is 1. The van der Waals surface area contributed by atoms with Crippen LogP contribution in [0.1, 0.15) is 24.3 Å². The van der Waals surface area contributed by atoms with Crippen molar-refractivity contribution in [2.24, 2.45) is 0 Å². The van der Waals surface area contributed by atoms with Crippen molar-refractivity contribution in [2.75, 3.05) is 24.6 Å². The molecule has 4 nitrogen and oxygen atoms in total. The molecule has 76 valence electrons. The van der Waals surface area contributed by atoms with E-state index in [9.17, 15) is 0 Å². The summed E-state index contributed by atoms with van der Waals surface area (Å²) in [7, 11) is 0. The summed E-state index contributed by atoms with van der Waals surface area (Å²) in [4.78, 5) is 4.09. The summed E-state index contributed by atoms with van der Waals surface area (Å²) >= 11 is 0. The van der Waals surface area contributed by atoms with Crippen LogP contribution >= 0.6 is 0 Å². The molecule has 2 rings (SSSR count). The summed E-state index contributed by atoms with van der Waals surface area (Å²) in [5.74, 6) is 1.15. The average molecular weight is 192 g/mol. The van der Waals surface area contributed by atoms with E-state index in [0.29, 0.717) is 17.4 Å². The van der Waals surface area contributed by atoms with Gasteiger partial charge in [-0.25, -0.2) is 4.98 Å². The molecule has 14 heavy (non-hydrogen) atoms. The van der Waals surface area contributed by atoms with Crippen molar-refractivity contribution in [3.8, 4) is 0 Å². The van der Waals surface area contributed by atoms with Gasteiger partial charge in [0, 0.05) is 0 Å². The minimum absolute atomic E-state index is 0.521. The van der Waals surface area contributed by atoms with Crippen molar-refractivity contribution >= 4 is 11.5 Å². The van der Waals surface area contributed by atoms with E-state index >= 15 is 0 Å². The second kappa shape index (κ2) is 3.84. The number of hydrogen-bond acceptors (Lipinski definition) is 4. The van der Waals surface area contributed by atoms with Gasteiger partial charge >= 0.3 is 0 Å². The first-order valence-electron chi connectivity index (χ1n) is 4.99. The average Bonchev–Trinajstić information content (AvgIpc) is 2.23. The van der Waals surface area contributed by atoms with E-state index in [4.69, 9.17) is 11.5 Å². The Morgan fingerprint density at radius 1 is 1.29 bits per heavy atom. The zero-order valence-electron chi connectivity index (χ0n) is 8.16. The molecule has 1 aliphatic heterocycles. The molecular weight excluding hydrogens is 176 g/mol. The number of hydrogen-bond donors (Lipinski definition) is 3. The minimum Gasteiger partial charge on any atom is -0.397 e. The highest BCUT2D eigenvalue weighted by molar-refractivity contribution is 5.50. The third kappa shape index (κ3) is 1.80. The van der Waals surface area contributed by atoms with Crippen LogP contribution in [0.4, 0.5) is 11.5 Å². The first-order chi connectivity index (χ1) is 6.77. The Labute approximate surface area is 83.7 Å². The van der Waals surface area contributed by atoms with E-state index in [1.54, 1.807) is 6.20 Å². The van der Waals surface area contributed by atoms with Crippen LogP contribution in [0.5, 0.6) is 0 Å². The maximum absolute atomic E-state index is 5.83. The number of rotatable bonds is 1. The lowest BCUT2D eigenvalue weighted by atomic mass is 9.90. The van der Waals surface area contributed by atoms with Crippen molar-refractivity contribution in [3.05, 3.63) is 17.8 Å². The van der Waals surface area contributed by atoms with E-state index in [0.717, 1.165) is 31.5 Å². The predicted octanol–water partition coefficient (Wildman–Crippen LogP) is 0.713. The van der Waals surface area contributed by atoms with Crippen LogP contribution in [0.3, 0.4) is 0 Å². The second-order valence-electron chi connectivity index (χ2n) is 3.77. The molecule has 1 aliphatic rings. The maximum Gasteiger partial charge on any atom is 0.126 e. The standard InChI is InChI=1S/C10H16N4/c11-8-5-9(10(12)14-6-8)7-1-3-13-4-2-7/h5-7,13H,1-4,11H2,(H2,12,14). The largest absolute Gasteiger partial charge is 0.397 e. The summed E-state index contributed by atoms with van der Waals surface area (Å²) in [6.45, 7) is 2.11. The number of pyridine rings is 1. The number of nitrogen functional groups attached to an aromatic ring is 2. The van der Waals surface area contributed by atoms with Gasteiger partial charge in [-0.3, -0.25) is 0 Å². The molecule has 0 aromatic carbocycles. The van der Waals surface area contributed by atoms with Gasteiger partial charge in [-0.2, -0.15) is 0 Å². The van der Waals surface area contributed by atoms with E-state index in [1.807, 2.05) is 6.07 Å². The summed E-state index contributed by atoms with van der Waals surface area (Å²) in [5.41, 5.74) is 13.4. The van der Waals surface area contributed by atoms with Crippen molar-refractivity contribution in [1.82, 2.24) is 10.3 Å². The van der Waals surface area contributed by atoms with Crippen molar-refractivity contribution < 1.29 is 0 Å². The fraction of sp³-hybridized carbons (Fsp3) is 0.500. The summed E-state index contributed by atoms with van der Waals surface area (Å²) < 4.78 is 0. The van der Waals surface area contributed by atoms with Crippen LogP contribution in [-0.4, -0.2) is 18.1 Å². The molecule has 1 saturated heterocycles. The number of nitrogens with one attached hydrogen (secondary N) is 1. The number of piperidine rings is 1. The zero-order chi connectivity index (χ0) is 9.97. The molecule has 0 atom stereocenters. The van der Waals surface area contributed by atoms with Crippen LogP contribution in [0.2, 0.25) is 0 Å². The van der Waals surface area contributed by atoms with Crippen LogP contribution in [0.25, 0.3) is 0 Å². The Bertz CT molecular complexity index is 318. The molecule has 0 aliphatic carbocycles. The lowest BCUT2D eigenvalue weighted by Gasteiger charge is -2.23. The second-order valence-corrected chi connectivity index (χ2v) is 3.77. The van der Waals surface area contributed by atoms with Gasteiger partial charge in [0.15, 0.2) is 0 Å². The maximum atomic E-state index is 5.83. The van der Waals surface area contributed by atoms with Crippen molar-refractivity contribution in [3.63, 3.8) is 0 Å². The molecule has 1 aromatic rings. The molecule has 0 amide bonds. The van der Waals surface area contributed by atoms with E-state index in [-0.39, 0.29) is 0 Å². The lowest BCUT2D eigenvalue weighted by Crippen LogP contribution is -2.27. The Kier molecular flexibility index (Phi) is 2.54. The van der Waals surface area contributed by atoms with Gasteiger partial charge in [0.05, 0.1) is 11.9 Å². The highest BCUT2D eigenvalue weighted by atomic mass is 14.9. The SMILES string of the molecule is Nc1cnc(N)c(C2CCNCC2)c1. The van der Waals surface area contributed by atoms with E-state index in [1.165, 1.54) is 0 Å². The van der Waals surface area contributed by atoms with Crippen LogP contribution in [0.15, 0.2) is 12.3 Å². The van der Waals surface area contributed by atoms with Gasteiger partial charge in [-0.05, 0) is 43.5 Å². The molecule has 5 N–H and O–H groups in total. The third-order valence-corrected chi connectivity index (χ3v) is 2.75. The summed E-state index contributed by atoms with van der Waals surface area (Å²) in [6.07, 6.45) is 3.85. The molecule has 0 bridgehead atoms.